The predicted molar refractivity (Wildman–Crippen MR) is 88.7 cm³/mol. The summed E-state index contributed by atoms with van der Waals surface area (Å²) in [5.74, 6) is 0.923. The second-order valence-electron chi connectivity index (χ2n) is 5.83. The summed E-state index contributed by atoms with van der Waals surface area (Å²) in [7, 11) is 1.61. The third-order valence-electron chi connectivity index (χ3n) is 3.77. The Kier molecular flexibility index (Phi) is 4.24. The Balaban J connectivity index is 2.12. The molecule has 0 bridgehead atoms. The van der Waals surface area contributed by atoms with Gasteiger partial charge in [-0.15, -0.1) is 0 Å². The molecule has 7 heteroatoms. The molecule has 1 aromatic heterocycles. The highest BCUT2D eigenvalue weighted by atomic mass is 16.5. The lowest BCUT2D eigenvalue weighted by Crippen LogP contribution is -2.30. The van der Waals surface area contributed by atoms with Crippen LogP contribution in [0.2, 0.25) is 0 Å². The van der Waals surface area contributed by atoms with Crippen molar-refractivity contribution < 1.29 is 14.3 Å². The molecule has 1 N–H and O–H groups in total. The van der Waals surface area contributed by atoms with Crippen molar-refractivity contribution in [1.82, 2.24) is 14.8 Å². The largest absolute Gasteiger partial charge is 0.497 e. The Morgan fingerprint density at radius 2 is 2.17 bits per heavy atom. The minimum Gasteiger partial charge on any atom is -0.497 e. The highest BCUT2D eigenvalue weighted by molar-refractivity contribution is 5.92. The summed E-state index contributed by atoms with van der Waals surface area (Å²) < 4.78 is 12.4. The van der Waals surface area contributed by atoms with Gasteiger partial charge in [0.1, 0.15) is 18.1 Å². The van der Waals surface area contributed by atoms with Crippen LogP contribution in [0.25, 0.3) is 0 Å². The van der Waals surface area contributed by atoms with Crippen LogP contribution >= 0.6 is 0 Å². The molecule has 1 aromatic carbocycles. The first-order chi connectivity index (χ1) is 11.5. The van der Waals surface area contributed by atoms with Gasteiger partial charge in [-0.05, 0) is 38.5 Å². The molecule has 1 atom stereocenters. The van der Waals surface area contributed by atoms with E-state index in [9.17, 15) is 4.79 Å². The minimum atomic E-state index is -0.426. The number of hydrogen-bond acceptors (Lipinski definition) is 6. The van der Waals surface area contributed by atoms with Gasteiger partial charge in [-0.1, -0.05) is 12.1 Å². The lowest BCUT2D eigenvalue weighted by molar-refractivity contribution is -0.143. The van der Waals surface area contributed by atoms with Crippen molar-refractivity contribution in [2.45, 2.75) is 32.9 Å². The quantitative estimate of drug-likeness (QED) is 0.869. The van der Waals surface area contributed by atoms with Crippen LogP contribution in [0.15, 0.2) is 41.9 Å². The van der Waals surface area contributed by atoms with Gasteiger partial charge in [-0.2, -0.15) is 10.1 Å². The summed E-state index contributed by atoms with van der Waals surface area (Å²) in [6, 6.07) is 7.13. The number of esters is 1. The normalized spacial score (nSPS) is 16.6. The molecular weight excluding hydrogens is 308 g/mol. The molecule has 1 aliphatic rings. The number of allylic oxidation sites excluding steroid dienone is 1. The number of nitrogens with one attached hydrogen (secondary N) is 1. The lowest BCUT2D eigenvalue weighted by Gasteiger charge is -2.28. The molecule has 0 aliphatic carbocycles. The van der Waals surface area contributed by atoms with E-state index in [4.69, 9.17) is 9.47 Å². The fraction of sp³-hybridized carbons (Fsp3) is 0.353. The first-order valence-electron chi connectivity index (χ1n) is 7.73. The van der Waals surface area contributed by atoms with Gasteiger partial charge >= 0.3 is 5.97 Å². The van der Waals surface area contributed by atoms with Crippen molar-refractivity contribution in [2.75, 3.05) is 12.4 Å². The molecule has 0 radical (unpaired) electrons. The lowest BCUT2D eigenvalue weighted by atomic mass is 9.95. The fourth-order valence-electron chi connectivity index (χ4n) is 2.75. The molecule has 1 aliphatic heterocycles. The fourth-order valence-corrected chi connectivity index (χ4v) is 2.75. The third kappa shape index (κ3) is 2.84. The van der Waals surface area contributed by atoms with E-state index < -0.39 is 6.04 Å². The summed E-state index contributed by atoms with van der Waals surface area (Å²) >= 11 is 0. The monoisotopic (exact) mass is 328 g/mol. The molecule has 0 spiro atoms. The van der Waals surface area contributed by atoms with E-state index in [1.54, 1.807) is 11.8 Å². The Hall–Kier alpha value is -2.83. The molecule has 0 saturated heterocycles. The predicted octanol–water partition coefficient (Wildman–Crippen LogP) is 2.53. The number of anilines is 1. The van der Waals surface area contributed by atoms with Crippen molar-refractivity contribution in [3.63, 3.8) is 0 Å². The van der Waals surface area contributed by atoms with Gasteiger partial charge in [0.25, 0.3) is 0 Å². The van der Waals surface area contributed by atoms with E-state index in [0.29, 0.717) is 23.0 Å². The van der Waals surface area contributed by atoms with Crippen molar-refractivity contribution in [2.24, 2.45) is 0 Å². The van der Waals surface area contributed by atoms with Crippen LogP contribution in [0.3, 0.4) is 0 Å². The van der Waals surface area contributed by atoms with E-state index in [-0.39, 0.29) is 12.1 Å². The zero-order chi connectivity index (χ0) is 17.3. The van der Waals surface area contributed by atoms with Gasteiger partial charge < -0.3 is 14.8 Å². The van der Waals surface area contributed by atoms with Crippen LogP contribution in [0.5, 0.6) is 5.75 Å². The molecule has 3 rings (SSSR count). The van der Waals surface area contributed by atoms with Crippen LogP contribution in [-0.4, -0.2) is 33.9 Å². The topological polar surface area (TPSA) is 78.3 Å². The van der Waals surface area contributed by atoms with Gasteiger partial charge in [0.2, 0.25) is 5.95 Å². The zero-order valence-corrected chi connectivity index (χ0v) is 14.1. The number of benzene rings is 1. The number of carbonyl (C=O) groups is 1. The number of hydrogen-bond donors (Lipinski definition) is 1. The van der Waals surface area contributed by atoms with E-state index in [2.05, 4.69) is 15.4 Å². The second-order valence-corrected chi connectivity index (χ2v) is 5.83. The average Bonchev–Trinajstić information content (AvgIpc) is 3.00. The summed E-state index contributed by atoms with van der Waals surface area (Å²) in [6.07, 6.45) is 1.25. The van der Waals surface area contributed by atoms with E-state index in [1.807, 2.05) is 45.0 Å². The first-order valence-corrected chi connectivity index (χ1v) is 7.73. The highest BCUT2D eigenvalue weighted by Crippen LogP contribution is 2.36. The number of carbonyl (C=O) groups excluding carboxylic acids is 1. The molecule has 0 saturated carbocycles. The Bertz CT molecular complexity index is 795. The van der Waals surface area contributed by atoms with E-state index in [1.165, 1.54) is 6.33 Å². The summed E-state index contributed by atoms with van der Waals surface area (Å²) in [5, 5.41) is 7.39. The summed E-state index contributed by atoms with van der Waals surface area (Å²) in [6.45, 7) is 5.49. The summed E-state index contributed by atoms with van der Waals surface area (Å²) in [4.78, 5) is 16.9. The van der Waals surface area contributed by atoms with Crippen LogP contribution in [-0.2, 0) is 9.53 Å². The Morgan fingerprint density at radius 3 is 2.88 bits per heavy atom. The molecule has 0 amide bonds. The van der Waals surface area contributed by atoms with Gasteiger partial charge in [-0.25, -0.2) is 9.48 Å². The molecule has 2 aromatic rings. The van der Waals surface area contributed by atoms with Crippen LogP contribution in [0.4, 0.5) is 5.95 Å². The molecule has 126 valence electrons. The van der Waals surface area contributed by atoms with E-state index >= 15 is 0 Å². The number of rotatable bonds is 4. The third-order valence-corrected chi connectivity index (χ3v) is 3.77. The van der Waals surface area contributed by atoms with Crippen molar-refractivity contribution in [1.29, 1.82) is 0 Å². The Morgan fingerprint density at radius 1 is 1.38 bits per heavy atom. The van der Waals surface area contributed by atoms with Gasteiger partial charge in [0.05, 0.1) is 18.8 Å². The minimum absolute atomic E-state index is 0.207. The van der Waals surface area contributed by atoms with Crippen LogP contribution in [0.1, 0.15) is 32.4 Å². The SMILES string of the molecule is COc1cccc([C@H]2C(C(=O)OC(C)C)=C(C)Nc3ncnn32)c1. The molecule has 24 heavy (non-hydrogen) atoms. The number of aromatic nitrogens is 3. The average molecular weight is 328 g/mol. The van der Waals surface area contributed by atoms with Crippen molar-refractivity contribution in [3.05, 3.63) is 47.4 Å². The first kappa shape index (κ1) is 16.0. The maximum Gasteiger partial charge on any atom is 0.338 e. The van der Waals surface area contributed by atoms with Crippen LogP contribution in [0, 0.1) is 0 Å². The second kappa shape index (κ2) is 6.35. The van der Waals surface area contributed by atoms with Gasteiger partial charge in [0.15, 0.2) is 0 Å². The van der Waals surface area contributed by atoms with Crippen molar-refractivity contribution >= 4 is 11.9 Å². The van der Waals surface area contributed by atoms with Crippen LogP contribution < -0.4 is 10.1 Å². The Labute approximate surface area is 140 Å². The number of ether oxygens (including phenoxy) is 2. The zero-order valence-electron chi connectivity index (χ0n) is 14.1. The van der Waals surface area contributed by atoms with Gasteiger partial charge in [-0.3, -0.25) is 0 Å². The molecule has 7 nitrogen and oxygen atoms in total. The van der Waals surface area contributed by atoms with Gasteiger partial charge in [0, 0.05) is 5.70 Å². The molecular formula is C17H20N4O3. The number of nitrogens with zero attached hydrogens (tertiary/aromatic N) is 3. The molecule has 0 unspecified atom stereocenters. The summed E-state index contributed by atoms with van der Waals surface area (Å²) in [5.41, 5.74) is 2.08. The maximum absolute atomic E-state index is 12.7. The number of methoxy groups -OCH3 is 1. The number of fused-ring (bicyclic) bond motifs is 1. The van der Waals surface area contributed by atoms with Crippen molar-refractivity contribution in [3.8, 4) is 5.75 Å². The molecule has 0 fully saturated rings. The smallest absolute Gasteiger partial charge is 0.338 e. The molecule has 2 heterocycles. The van der Waals surface area contributed by atoms with E-state index in [0.717, 1.165) is 5.56 Å². The highest BCUT2D eigenvalue weighted by Gasteiger charge is 2.34. The standard InChI is InChI=1S/C17H20N4O3/c1-10(2)24-16(22)14-11(3)20-17-18-9-19-21(17)15(14)12-6-5-7-13(8-12)23-4/h5-10,15H,1-4H3,(H,18,19,20)/t15-/m0/s1. The maximum atomic E-state index is 12.7.